The van der Waals surface area contributed by atoms with Gasteiger partial charge in [-0.15, -0.1) is 11.3 Å². The van der Waals surface area contributed by atoms with E-state index in [4.69, 9.17) is 5.11 Å². The van der Waals surface area contributed by atoms with Gasteiger partial charge >= 0.3 is 0 Å². The Labute approximate surface area is 102 Å². The van der Waals surface area contributed by atoms with E-state index in [-0.39, 0.29) is 0 Å². The second-order valence-corrected chi connectivity index (χ2v) is 5.06. The molecule has 0 aliphatic rings. The molecular formula is C12H22N2OS. The van der Waals surface area contributed by atoms with Gasteiger partial charge in [0, 0.05) is 25.0 Å². The number of hydrogen-bond acceptors (Lipinski definition) is 4. The molecule has 92 valence electrons. The van der Waals surface area contributed by atoms with Gasteiger partial charge in [0.05, 0.1) is 10.7 Å². The Morgan fingerprint density at radius 3 is 2.75 bits per heavy atom. The summed E-state index contributed by atoms with van der Waals surface area (Å²) in [6, 6.07) is 0. The number of unbranched alkanes of at least 4 members (excludes halogenated alkanes) is 3. The maximum Gasteiger partial charge on any atom is 0.0897 e. The van der Waals surface area contributed by atoms with E-state index in [1.54, 1.807) is 11.3 Å². The van der Waals surface area contributed by atoms with Crippen LogP contribution in [0.1, 0.15) is 36.4 Å². The van der Waals surface area contributed by atoms with E-state index in [1.165, 1.54) is 18.5 Å². The SMILES string of the molecule is Cc1nc(CCNCCCCCCO)cs1. The average Bonchev–Trinajstić information content (AvgIpc) is 2.68. The normalized spacial score (nSPS) is 10.9. The summed E-state index contributed by atoms with van der Waals surface area (Å²) in [6.45, 7) is 4.47. The van der Waals surface area contributed by atoms with Gasteiger partial charge in [-0.05, 0) is 26.3 Å². The highest BCUT2D eigenvalue weighted by Crippen LogP contribution is 2.07. The third kappa shape index (κ3) is 6.20. The first-order chi connectivity index (χ1) is 7.83. The Kier molecular flexibility index (Phi) is 7.38. The summed E-state index contributed by atoms with van der Waals surface area (Å²) in [5, 5.41) is 15.3. The first-order valence-electron chi connectivity index (χ1n) is 6.05. The number of aromatic nitrogens is 1. The lowest BCUT2D eigenvalue weighted by atomic mass is 10.2. The number of aliphatic hydroxyl groups excluding tert-OH is 1. The van der Waals surface area contributed by atoms with Gasteiger partial charge in [-0.25, -0.2) is 4.98 Å². The van der Waals surface area contributed by atoms with Gasteiger partial charge in [0.2, 0.25) is 0 Å². The highest BCUT2D eigenvalue weighted by molar-refractivity contribution is 7.09. The number of rotatable bonds is 9. The predicted octanol–water partition coefficient (Wildman–Crippen LogP) is 2.14. The summed E-state index contributed by atoms with van der Waals surface area (Å²) in [4.78, 5) is 4.42. The van der Waals surface area contributed by atoms with Gasteiger partial charge in [-0.3, -0.25) is 0 Å². The molecule has 1 aromatic rings. The summed E-state index contributed by atoms with van der Waals surface area (Å²) in [5.41, 5.74) is 1.20. The minimum Gasteiger partial charge on any atom is -0.396 e. The smallest absolute Gasteiger partial charge is 0.0897 e. The van der Waals surface area contributed by atoms with E-state index in [0.29, 0.717) is 6.61 Å². The van der Waals surface area contributed by atoms with Gasteiger partial charge in [0.1, 0.15) is 0 Å². The summed E-state index contributed by atoms with van der Waals surface area (Å²) >= 11 is 1.72. The van der Waals surface area contributed by atoms with Crippen molar-refractivity contribution in [1.82, 2.24) is 10.3 Å². The third-order valence-corrected chi connectivity index (χ3v) is 3.31. The molecule has 0 spiro atoms. The molecule has 0 saturated carbocycles. The summed E-state index contributed by atoms with van der Waals surface area (Å²) in [5.74, 6) is 0. The lowest BCUT2D eigenvalue weighted by Gasteiger charge is -2.03. The van der Waals surface area contributed by atoms with E-state index in [1.807, 2.05) is 6.92 Å². The van der Waals surface area contributed by atoms with Crippen LogP contribution in [0.2, 0.25) is 0 Å². The van der Waals surface area contributed by atoms with Crippen molar-refractivity contribution < 1.29 is 5.11 Å². The predicted molar refractivity (Wildman–Crippen MR) is 69.0 cm³/mol. The fourth-order valence-electron chi connectivity index (χ4n) is 1.58. The van der Waals surface area contributed by atoms with Crippen LogP contribution < -0.4 is 5.32 Å². The fourth-order valence-corrected chi connectivity index (χ4v) is 2.23. The van der Waals surface area contributed by atoms with Crippen molar-refractivity contribution in [3.63, 3.8) is 0 Å². The minimum absolute atomic E-state index is 0.330. The number of hydrogen-bond donors (Lipinski definition) is 2. The molecule has 0 atom stereocenters. The van der Waals surface area contributed by atoms with Gasteiger partial charge in [0.15, 0.2) is 0 Å². The van der Waals surface area contributed by atoms with Crippen LogP contribution >= 0.6 is 11.3 Å². The molecule has 1 rings (SSSR count). The standard InChI is InChI=1S/C12H22N2OS/c1-11-14-12(10-16-11)6-8-13-7-4-2-3-5-9-15/h10,13,15H,2-9H2,1H3. The first kappa shape index (κ1) is 13.6. The second kappa shape index (κ2) is 8.67. The summed E-state index contributed by atoms with van der Waals surface area (Å²) < 4.78 is 0. The Bertz CT molecular complexity index is 276. The zero-order chi connectivity index (χ0) is 11.6. The molecule has 3 nitrogen and oxygen atoms in total. The molecule has 0 radical (unpaired) electrons. The molecule has 0 bridgehead atoms. The maximum atomic E-state index is 8.61. The zero-order valence-corrected chi connectivity index (χ0v) is 10.9. The molecular weight excluding hydrogens is 220 g/mol. The van der Waals surface area contributed by atoms with Gasteiger partial charge < -0.3 is 10.4 Å². The van der Waals surface area contributed by atoms with E-state index < -0.39 is 0 Å². The van der Waals surface area contributed by atoms with Crippen molar-refractivity contribution in [2.75, 3.05) is 19.7 Å². The number of aryl methyl sites for hydroxylation is 1. The summed E-state index contributed by atoms with van der Waals surface area (Å²) in [7, 11) is 0. The summed E-state index contributed by atoms with van der Waals surface area (Å²) in [6.07, 6.45) is 5.53. The number of aliphatic hydroxyl groups is 1. The van der Waals surface area contributed by atoms with Crippen LogP contribution in [-0.4, -0.2) is 29.8 Å². The van der Waals surface area contributed by atoms with E-state index in [0.717, 1.165) is 37.4 Å². The number of thiazole rings is 1. The fraction of sp³-hybridized carbons (Fsp3) is 0.750. The topological polar surface area (TPSA) is 45.2 Å². The zero-order valence-electron chi connectivity index (χ0n) is 10.0. The van der Waals surface area contributed by atoms with Crippen LogP contribution in [0.5, 0.6) is 0 Å². The molecule has 0 unspecified atom stereocenters. The van der Waals surface area contributed by atoms with Crippen LogP contribution in [0.3, 0.4) is 0 Å². The van der Waals surface area contributed by atoms with Crippen LogP contribution in [0.4, 0.5) is 0 Å². The van der Waals surface area contributed by atoms with Crippen molar-refractivity contribution in [3.05, 3.63) is 16.1 Å². The van der Waals surface area contributed by atoms with Crippen LogP contribution in [-0.2, 0) is 6.42 Å². The lowest BCUT2D eigenvalue weighted by Crippen LogP contribution is -2.18. The number of nitrogens with one attached hydrogen (secondary N) is 1. The maximum absolute atomic E-state index is 8.61. The van der Waals surface area contributed by atoms with E-state index in [2.05, 4.69) is 15.7 Å². The van der Waals surface area contributed by atoms with Gasteiger partial charge in [0.25, 0.3) is 0 Å². The van der Waals surface area contributed by atoms with Gasteiger partial charge in [-0.2, -0.15) is 0 Å². The second-order valence-electron chi connectivity index (χ2n) is 4.00. The monoisotopic (exact) mass is 242 g/mol. The van der Waals surface area contributed by atoms with Crippen LogP contribution in [0.25, 0.3) is 0 Å². The molecule has 0 aliphatic heterocycles. The van der Waals surface area contributed by atoms with Crippen LogP contribution in [0, 0.1) is 6.92 Å². The Morgan fingerprint density at radius 1 is 1.25 bits per heavy atom. The minimum atomic E-state index is 0.330. The third-order valence-electron chi connectivity index (χ3n) is 2.49. The van der Waals surface area contributed by atoms with Crippen molar-refractivity contribution >= 4 is 11.3 Å². The number of nitrogens with zero attached hydrogens (tertiary/aromatic N) is 1. The molecule has 0 amide bonds. The quantitative estimate of drug-likeness (QED) is 0.652. The van der Waals surface area contributed by atoms with Crippen molar-refractivity contribution in [3.8, 4) is 0 Å². The average molecular weight is 242 g/mol. The van der Waals surface area contributed by atoms with Gasteiger partial charge in [-0.1, -0.05) is 12.8 Å². The molecule has 0 fully saturated rings. The highest BCUT2D eigenvalue weighted by atomic mass is 32.1. The molecule has 1 heterocycles. The van der Waals surface area contributed by atoms with Crippen molar-refractivity contribution in [1.29, 1.82) is 0 Å². The first-order valence-corrected chi connectivity index (χ1v) is 6.93. The highest BCUT2D eigenvalue weighted by Gasteiger charge is 1.97. The Hall–Kier alpha value is -0.450. The van der Waals surface area contributed by atoms with Crippen LogP contribution in [0.15, 0.2) is 5.38 Å². The Balaban J connectivity index is 1.88. The molecule has 1 aromatic heterocycles. The lowest BCUT2D eigenvalue weighted by molar-refractivity contribution is 0.282. The van der Waals surface area contributed by atoms with E-state index in [9.17, 15) is 0 Å². The molecule has 0 aliphatic carbocycles. The van der Waals surface area contributed by atoms with Crippen molar-refractivity contribution in [2.45, 2.75) is 39.0 Å². The molecule has 4 heteroatoms. The largest absolute Gasteiger partial charge is 0.396 e. The molecule has 16 heavy (non-hydrogen) atoms. The Morgan fingerprint density at radius 2 is 2.06 bits per heavy atom. The molecule has 0 aromatic carbocycles. The molecule has 2 N–H and O–H groups in total. The van der Waals surface area contributed by atoms with E-state index >= 15 is 0 Å². The van der Waals surface area contributed by atoms with Crippen molar-refractivity contribution in [2.24, 2.45) is 0 Å². The molecule has 0 saturated heterocycles.